The molecule has 0 saturated carbocycles. The van der Waals surface area contributed by atoms with Gasteiger partial charge >= 0.3 is 0 Å². The Balaban J connectivity index is 1.35. The third kappa shape index (κ3) is 6.10. The van der Waals surface area contributed by atoms with E-state index in [1.807, 2.05) is 67.6 Å². The van der Waals surface area contributed by atoms with Crippen molar-refractivity contribution in [1.82, 2.24) is 10.2 Å². The van der Waals surface area contributed by atoms with Crippen LogP contribution in [-0.4, -0.2) is 33.6 Å². The number of aliphatic hydroxyl groups is 1. The van der Waals surface area contributed by atoms with Gasteiger partial charge in [-0.25, -0.2) is 0 Å². The van der Waals surface area contributed by atoms with Gasteiger partial charge in [-0.05, 0) is 47.9 Å². The Morgan fingerprint density at radius 3 is 2.41 bits per heavy atom. The van der Waals surface area contributed by atoms with Crippen LogP contribution in [0.25, 0.3) is 0 Å². The van der Waals surface area contributed by atoms with Crippen LogP contribution in [0.15, 0.2) is 117 Å². The fraction of sp³-hybridized carbons (Fsp3) is 0.152. The quantitative estimate of drug-likeness (QED) is 0.0874. The molecule has 1 unspecified atom stereocenters. The van der Waals surface area contributed by atoms with E-state index in [2.05, 4.69) is 10.2 Å². The standard InChI is InChI=1S/C33H27N3O6S2/c1-2-40-26-18-23(15-16-24(26)42-19-21-10-5-3-6-11-21)28-27(29(37)25-14-9-17-41-25)30(38)31(39)36(28)32-34-35-33(44-32)43-20-22-12-7-4-8-13-22/h3-18,28,38H,2,19-20H2,1H3. The Labute approximate surface area is 261 Å². The van der Waals surface area contributed by atoms with Crippen LogP contribution in [-0.2, 0) is 17.2 Å². The Morgan fingerprint density at radius 1 is 0.955 bits per heavy atom. The first-order valence-electron chi connectivity index (χ1n) is 13.8. The van der Waals surface area contributed by atoms with Crippen molar-refractivity contribution in [3.8, 4) is 11.5 Å². The molecule has 0 aliphatic carbocycles. The number of furan rings is 1. The van der Waals surface area contributed by atoms with Crippen LogP contribution >= 0.6 is 23.1 Å². The van der Waals surface area contributed by atoms with Gasteiger partial charge in [0.2, 0.25) is 10.9 Å². The van der Waals surface area contributed by atoms with E-state index in [0.717, 1.165) is 11.1 Å². The van der Waals surface area contributed by atoms with Gasteiger partial charge in [-0.2, -0.15) is 0 Å². The second-order valence-electron chi connectivity index (χ2n) is 9.68. The van der Waals surface area contributed by atoms with Crippen LogP contribution in [0.1, 0.15) is 40.2 Å². The summed E-state index contributed by atoms with van der Waals surface area (Å²) in [4.78, 5) is 28.6. The molecule has 0 spiro atoms. The third-order valence-electron chi connectivity index (χ3n) is 6.83. The molecule has 1 aliphatic rings. The molecular formula is C33H27N3O6S2. The number of hydrogen-bond donors (Lipinski definition) is 1. The van der Waals surface area contributed by atoms with Gasteiger partial charge in [-0.3, -0.25) is 14.5 Å². The lowest BCUT2D eigenvalue weighted by Gasteiger charge is -2.25. The van der Waals surface area contributed by atoms with Crippen molar-refractivity contribution in [3.63, 3.8) is 0 Å². The Bertz CT molecular complexity index is 1790. The van der Waals surface area contributed by atoms with Crippen molar-refractivity contribution < 1.29 is 28.6 Å². The number of rotatable bonds is 12. The molecular weight excluding hydrogens is 599 g/mol. The summed E-state index contributed by atoms with van der Waals surface area (Å²) < 4.78 is 18.0. The van der Waals surface area contributed by atoms with Gasteiger partial charge < -0.3 is 19.0 Å². The molecule has 3 aromatic carbocycles. The minimum absolute atomic E-state index is 0.00424. The third-order valence-corrected chi connectivity index (χ3v) is 8.95. The van der Waals surface area contributed by atoms with Crippen LogP contribution in [0.5, 0.6) is 11.5 Å². The highest BCUT2D eigenvalue weighted by Gasteiger charge is 2.47. The zero-order chi connectivity index (χ0) is 30.5. The fourth-order valence-corrected chi connectivity index (χ4v) is 6.61. The number of carbonyl (C=O) groups is 2. The lowest BCUT2D eigenvalue weighted by Crippen LogP contribution is -2.31. The molecule has 44 heavy (non-hydrogen) atoms. The number of ether oxygens (including phenoxy) is 2. The lowest BCUT2D eigenvalue weighted by molar-refractivity contribution is -0.117. The van der Waals surface area contributed by atoms with Crippen molar-refractivity contribution >= 4 is 39.9 Å². The first-order valence-corrected chi connectivity index (χ1v) is 15.6. The Hall–Kier alpha value is -4.87. The summed E-state index contributed by atoms with van der Waals surface area (Å²) in [6, 6.07) is 26.9. The predicted octanol–water partition coefficient (Wildman–Crippen LogP) is 7.18. The smallest absolute Gasteiger partial charge is 0.296 e. The second-order valence-corrected chi connectivity index (χ2v) is 11.9. The van der Waals surface area contributed by atoms with E-state index in [1.165, 1.54) is 40.3 Å². The number of anilines is 1. The minimum Gasteiger partial charge on any atom is -0.503 e. The highest BCUT2D eigenvalue weighted by molar-refractivity contribution is 8.00. The second kappa shape index (κ2) is 13.2. The van der Waals surface area contributed by atoms with Gasteiger partial charge in [0, 0.05) is 5.75 Å². The summed E-state index contributed by atoms with van der Waals surface area (Å²) >= 11 is 2.69. The topological polar surface area (TPSA) is 115 Å². The van der Waals surface area contributed by atoms with E-state index in [-0.39, 0.29) is 16.5 Å². The zero-order valence-corrected chi connectivity index (χ0v) is 25.2. The number of aromatic nitrogens is 2. The largest absolute Gasteiger partial charge is 0.503 e. The molecule has 0 bridgehead atoms. The van der Waals surface area contributed by atoms with E-state index in [0.29, 0.717) is 40.4 Å². The zero-order valence-electron chi connectivity index (χ0n) is 23.6. The molecule has 1 aliphatic heterocycles. The van der Waals surface area contributed by atoms with Crippen molar-refractivity contribution in [1.29, 1.82) is 0 Å². The molecule has 5 aromatic rings. The molecule has 11 heteroatoms. The molecule has 1 atom stereocenters. The number of benzene rings is 3. The number of amides is 1. The van der Waals surface area contributed by atoms with Crippen LogP contribution in [0.3, 0.4) is 0 Å². The van der Waals surface area contributed by atoms with Gasteiger partial charge in [-0.15, -0.1) is 10.2 Å². The van der Waals surface area contributed by atoms with Gasteiger partial charge in [-0.1, -0.05) is 89.8 Å². The van der Waals surface area contributed by atoms with E-state index in [1.54, 1.807) is 24.3 Å². The predicted molar refractivity (Wildman–Crippen MR) is 167 cm³/mol. The van der Waals surface area contributed by atoms with Crippen molar-refractivity contribution in [3.05, 3.63) is 131 Å². The summed E-state index contributed by atoms with van der Waals surface area (Å²) in [5.41, 5.74) is 2.50. The van der Waals surface area contributed by atoms with Crippen LogP contribution in [0.2, 0.25) is 0 Å². The van der Waals surface area contributed by atoms with E-state index < -0.39 is 23.5 Å². The molecule has 2 aromatic heterocycles. The molecule has 6 rings (SSSR count). The minimum atomic E-state index is -1.03. The Morgan fingerprint density at radius 2 is 1.70 bits per heavy atom. The summed E-state index contributed by atoms with van der Waals surface area (Å²) in [6.45, 7) is 2.54. The highest BCUT2D eigenvalue weighted by Crippen LogP contribution is 2.45. The number of carbonyl (C=O) groups excluding carboxylic acids is 2. The first kappa shape index (κ1) is 29.2. The average Bonchev–Trinajstić information content (AvgIpc) is 3.81. The first-order chi connectivity index (χ1) is 21.5. The van der Waals surface area contributed by atoms with Gasteiger partial charge in [0.15, 0.2) is 27.4 Å². The van der Waals surface area contributed by atoms with Gasteiger partial charge in [0.05, 0.1) is 24.5 Å². The number of Topliss-reactive ketones (excluding diaryl/α,β-unsaturated/α-hetero) is 1. The maximum Gasteiger partial charge on any atom is 0.296 e. The number of aliphatic hydroxyl groups excluding tert-OH is 1. The molecule has 1 amide bonds. The summed E-state index contributed by atoms with van der Waals surface area (Å²) in [7, 11) is 0. The lowest BCUT2D eigenvalue weighted by atomic mass is 9.95. The average molecular weight is 626 g/mol. The molecule has 1 N–H and O–H groups in total. The van der Waals surface area contributed by atoms with Gasteiger partial charge in [0.1, 0.15) is 6.61 Å². The number of hydrogen-bond acceptors (Lipinski definition) is 10. The Kier molecular flexibility index (Phi) is 8.76. The van der Waals surface area contributed by atoms with E-state index >= 15 is 0 Å². The SMILES string of the molecule is CCOc1cc(C2C(C(=O)c3ccco3)=C(O)C(=O)N2c2nnc(SCc3ccccc3)s2)ccc1OCc1ccccc1. The van der Waals surface area contributed by atoms with E-state index in [4.69, 9.17) is 13.9 Å². The van der Waals surface area contributed by atoms with Gasteiger partial charge in [0.25, 0.3) is 5.91 Å². The highest BCUT2D eigenvalue weighted by atomic mass is 32.2. The monoisotopic (exact) mass is 625 g/mol. The van der Waals surface area contributed by atoms with E-state index in [9.17, 15) is 14.7 Å². The summed E-state index contributed by atoms with van der Waals surface area (Å²) in [5, 5.41) is 19.9. The van der Waals surface area contributed by atoms with Crippen LogP contribution < -0.4 is 14.4 Å². The van der Waals surface area contributed by atoms with Crippen LogP contribution in [0.4, 0.5) is 5.13 Å². The number of ketones is 1. The molecule has 9 nitrogen and oxygen atoms in total. The van der Waals surface area contributed by atoms with Crippen molar-refractivity contribution in [2.75, 3.05) is 11.5 Å². The maximum atomic E-state index is 13.6. The molecule has 0 fully saturated rings. The normalized spacial score (nSPS) is 14.7. The summed E-state index contributed by atoms with van der Waals surface area (Å²) in [6.07, 6.45) is 1.36. The fourth-order valence-electron chi connectivity index (χ4n) is 4.79. The number of nitrogens with zero attached hydrogens (tertiary/aromatic N) is 3. The molecule has 0 radical (unpaired) electrons. The molecule has 3 heterocycles. The maximum absolute atomic E-state index is 13.6. The summed E-state index contributed by atoms with van der Waals surface area (Å²) in [5.74, 6) is -0.454. The van der Waals surface area contributed by atoms with Crippen molar-refractivity contribution in [2.45, 2.75) is 29.7 Å². The van der Waals surface area contributed by atoms with Crippen molar-refractivity contribution in [2.24, 2.45) is 0 Å². The molecule has 222 valence electrons. The van der Waals surface area contributed by atoms with Crippen LogP contribution in [0, 0.1) is 0 Å². The number of thioether (sulfide) groups is 1. The molecule has 0 saturated heterocycles.